The second kappa shape index (κ2) is 7.99. The first-order valence-electron chi connectivity index (χ1n) is 7.88. The number of halogens is 2. The van der Waals surface area contributed by atoms with Crippen LogP contribution < -0.4 is 4.72 Å². The number of aryl methyl sites for hydroxylation is 1. The van der Waals surface area contributed by atoms with Crippen LogP contribution >= 0.6 is 34.2 Å². The third-order valence-corrected chi connectivity index (χ3v) is 6.82. The lowest BCUT2D eigenvalue weighted by atomic mass is 10.2. The van der Waals surface area contributed by atoms with Crippen LogP contribution in [0.1, 0.15) is 11.4 Å². The van der Waals surface area contributed by atoms with E-state index in [1.807, 2.05) is 37.3 Å². The van der Waals surface area contributed by atoms with Crippen LogP contribution in [0.5, 0.6) is 0 Å². The minimum absolute atomic E-state index is 0.0253. The van der Waals surface area contributed by atoms with Gasteiger partial charge < -0.3 is 0 Å². The van der Waals surface area contributed by atoms with Gasteiger partial charge in [-0.3, -0.25) is 4.79 Å². The minimum Gasteiger partial charge on any atom is -0.274 e. The number of carbonyl (C=O) groups is 1. The van der Waals surface area contributed by atoms with Crippen LogP contribution in [0.15, 0.2) is 59.5 Å². The first-order chi connectivity index (χ1) is 12.8. The lowest BCUT2D eigenvalue weighted by molar-refractivity contribution is -0.118. The number of nitrogens with zero attached hydrogens (tertiary/aromatic N) is 2. The zero-order valence-electron chi connectivity index (χ0n) is 14.2. The molecule has 0 aliphatic heterocycles. The van der Waals surface area contributed by atoms with E-state index >= 15 is 0 Å². The van der Waals surface area contributed by atoms with E-state index in [2.05, 4.69) is 32.4 Å². The van der Waals surface area contributed by atoms with Crippen molar-refractivity contribution in [2.45, 2.75) is 18.2 Å². The molecule has 27 heavy (non-hydrogen) atoms. The van der Waals surface area contributed by atoms with Gasteiger partial charge in [0.15, 0.2) is 0 Å². The summed E-state index contributed by atoms with van der Waals surface area (Å²) in [4.78, 5) is 12.4. The van der Waals surface area contributed by atoms with Crippen LogP contribution in [0.2, 0.25) is 5.02 Å². The molecule has 3 rings (SSSR count). The molecule has 1 amide bonds. The molecule has 0 radical (unpaired) electrons. The maximum absolute atomic E-state index is 12.5. The number of rotatable bonds is 5. The first kappa shape index (κ1) is 19.8. The van der Waals surface area contributed by atoms with Crippen molar-refractivity contribution in [1.29, 1.82) is 0 Å². The number of carbonyl (C=O) groups excluding carboxylic acids is 1. The van der Waals surface area contributed by atoms with Gasteiger partial charge in [-0.05, 0) is 65.9 Å². The van der Waals surface area contributed by atoms with Crippen molar-refractivity contribution >= 4 is 50.1 Å². The number of amides is 1. The van der Waals surface area contributed by atoms with E-state index in [1.165, 1.54) is 24.3 Å². The summed E-state index contributed by atoms with van der Waals surface area (Å²) in [6.45, 7) is 1.84. The van der Waals surface area contributed by atoms with Crippen LogP contribution in [0.3, 0.4) is 0 Å². The van der Waals surface area contributed by atoms with Crippen molar-refractivity contribution in [2.24, 2.45) is 0 Å². The minimum atomic E-state index is -3.97. The van der Waals surface area contributed by atoms with Crippen LogP contribution in [-0.2, 0) is 21.2 Å². The highest BCUT2D eigenvalue weighted by atomic mass is 127. The summed E-state index contributed by atoms with van der Waals surface area (Å²) in [6.07, 6.45) is -0.124. The van der Waals surface area contributed by atoms with Gasteiger partial charge in [0.25, 0.3) is 10.0 Å². The Morgan fingerprint density at radius 2 is 1.78 bits per heavy atom. The lowest BCUT2D eigenvalue weighted by Gasteiger charge is -2.10. The molecule has 0 unspecified atom stereocenters. The van der Waals surface area contributed by atoms with Crippen molar-refractivity contribution < 1.29 is 13.2 Å². The molecule has 3 aromatic rings. The zero-order chi connectivity index (χ0) is 19.6. The Balaban J connectivity index is 1.85. The molecule has 6 nitrogen and oxygen atoms in total. The molecule has 0 aliphatic carbocycles. The normalized spacial score (nSPS) is 11.4. The third kappa shape index (κ3) is 4.50. The number of nitrogens with one attached hydrogen (secondary N) is 1. The molecule has 2 aromatic carbocycles. The number of aromatic nitrogens is 2. The average Bonchev–Trinajstić information content (AvgIpc) is 2.91. The highest BCUT2D eigenvalue weighted by Gasteiger charge is 2.22. The summed E-state index contributed by atoms with van der Waals surface area (Å²) in [7, 11) is -3.97. The predicted molar refractivity (Wildman–Crippen MR) is 112 cm³/mol. The summed E-state index contributed by atoms with van der Waals surface area (Å²) < 4.78 is 29.4. The van der Waals surface area contributed by atoms with E-state index in [1.54, 1.807) is 4.68 Å². The standard InChI is InChI=1S/C18H15ClIN3O3S/c1-12-18(20)16(23(21-12)14-5-3-2-4-6-14)11-17(24)22-27(25,26)15-9-7-13(19)8-10-15/h2-10H,11H2,1H3,(H,22,24). The molecule has 0 aliphatic rings. The Hall–Kier alpha value is -1.91. The molecule has 140 valence electrons. The van der Waals surface area contributed by atoms with E-state index in [0.29, 0.717) is 10.7 Å². The number of para-hydroxylation sites is 1. The van der Waals surface area contributed by atoms with Crippen LogP contribution in [0.25, 0.3) is 5.69 Å². The highest BCUT2D eigenvalue weighted by molar-refractivity contribution is 14.1. The second-order valence-electron chi connectivity index (χ2n) is 5.75. The number of sulfonamides is 1. The summed E-state index contributed by atoms with van der Waals surface area (Å²) in [5.74, 6) is -0.639. The van der Waals surface area contributed by atoms with Gasteiger partial charge in [0.1, 0.15) is 0 Å². The smallest absolute Gasteiger partial charge is 0.264 e. The Morgan fingerprint density at radius 1 is 1.15 bits per heavy atom. The fourth-order valence-corrected chi connectivity index (χ4v) is 4.14. The molecule has 0 bridgehead atoms. The molecule has 1 aromatic heterocycles. The topological polar surface area (TPSA) is 81.1 Å². The van der Waals surface area contributed by atoms with Crippen molar-refractivity contribution in [1.82, 2.24) is 14.5 Å². The van der Waals surface area contributed by atoms with Gasteiger partial charge >= 0.3 is 0 Å². The van der Waals surface area contributed by atoms with Gasteiger partial charge in [-0.1, -0.05) is 29.8 Å². The van der Waals surface area contributed by atoms with Crippen LogP contribution in [0, 0.1) is 10.5 Å². The molecular formula is C18H15ClIN3O3S. The molecule has 1 heterocycles. The van der Waals surface area contributed by atoms with Gasteiger partial charge in [-0.15, -0.1) is 0 Å². The molecule has 1 N–H and O–H groups in total. The fourth-order valence-electron chi connectivity index (χ4n) is 2.50. The van der Waals surface area contributed by atoms with Crippen LogP contribution in [0.4, 0.5) is 0 Å². The number of benzene rings is 2. The summed E-state index contributed by atoms with van der Waals surface area (Å²) in [6, 6.07) is 15.0. The van der Waals surface area contributed by atoms with Crippen molar-refractivity contribution in [3.05, 3.63) is 74.6 Å². The molecule has 0 atom stereocenters. The van der Waals surface area contributed by atoms with Crippen molar-refractivity contribution in [3.63, 3.8) is 0 Å². The maximum atomic E-state index is 12.5. The highest BCUT2D eigenvalue weighted by Crippen LogP contribution is 2.21. The van der Waals surface area contributed by atoms with Gasteiger partial charge in [0.05, 0.1) is 32.0 Å². The molecule has 9 heteroatoms. The van der Waals surface area contributed by atoms with Gasteiger partial charge in [-0.25, -0.2) is 17.8 Å². The third-order valence-electron chi connectivity index (χ3n) is 3.78. The first-order valence-corrected chi connectivity index (χ1v) is 10.8. The van der Waals surface area contributed by atoms with E-state index in [0.717, 1.165) is 15.0 Å². The predicted octanol–water partition coefficient (Wildman–Crippen LogP) is 3.49. The lowest BCUT2D eigenvalue weighted by Crippen LogP contribution is -2.32. The molecule has 0 fully saturated rings. The Labute approximate surface area is 175 Å². The monoisotopic (exact) mass is 515 g/mol. The van der Waals surface area contributed by atoms with Crippen molar-refractivity contribution in [2.75, 3.05) is 0 Å². The van der Waals surface area contributed by atoms with Gasteiger partial charge in [0, 0.05) is 5.02 Å². The molecule has 0 spiro atoms. The molecule has 0 saturated carbocycles. The Kier molecular flexibility index (Phi) is 5.87. The largest absolute Gasteiger partial charge is 0.274 e. The van der Waals surface area contributed by atoms with Gasteiger partial charge in [-0.2, -0.15) is 5.10 Å². The Bertz CT molecular complexity index is 1080. The van der Waals surface area contributed by atoms with E-state index in [-0.39, 0.29) is 11.3 Å². The summed E-state index contributed by atoms with van der Waals surface area (Å²) >= 11 is 7.89. The van der Waals surface area contributed by atoms with E-state index < -0.39 is 15.9 Å². The van der Waals surface area contributed by atoms with Crippen LogP contribution in [-0.4, -0.2) is 24.1 Å². The Morgan fingerprint density at radius 3 is 2.41 bits per heavy atom. The fraction of sp³-hybridized carbons (Fsp3) is 0.111. The summed E-state index contributed by atoms with van der Waals surface area (Å²) in [5.41, 5.74) is 2.19. The average molecular weight is 516 g/mol. The van der Waals surface area contributed by atoms with Gasteiger partial charge in [0.2, 0.25) is 5.91 Å². The van der Waals surface area contributed by atoms with E-state index in [4.69, 9.17) is 11.6 Å². The van der Waals surface area contributed by atoms with Crippen molar-refractivity contribution in [3.8, 4) is 5.69 Å². The number of hydrogen-bond donors (Lipinski definition) is 1. The SMILES string of the molecule is Cc1nn(-c2ccccc2)c(CC(=O)NS(=O)(=O)c2ccc(Cl)cc2)c1I. The summed E-state index contributed by atoms with van der Waals surface area (Å²) in [5, 5.41) is 4.88. The number of hydrogen-bond acceptors (Lipinski definition) is 4. The van der Waals surface area contributed by atoms with E-state index in [9.17, 15) is 13.2 Å². The molecule has 0 saturated heterocycles. The molecular weight excluding hydrogens is 501 g/mol. The quantitative estimate of drug-likeness (QED) is 0.528. The maximum Gasteiger partial charge on any atom is 0.264 e. The second-order valence-corrected chi connectivity index (χ2v) is 8.95. The zero-order valence-corrected chi connectivity index (χ0v) is 17.9.